The molecule has 0 saturated carbocycles. The third-order valence-corrected chi connectivity index (χ3v) is 9.85. The van der Waals surface area contributed by atoms with Crippen LogP contribution in [0.1, 0.15) is 59.4 Å². The van der Waals surface area contributed by atoms with Crippen molar-refractivity contribution >= 4 is 40.8 Å². The van der Waals surface area contributed by atoms with Crippen LogP contribution >= 0.6 is 11.6 Å². The van der Waals surface area contributed by atoms with Crippen LogP contribution in [-0.2, 0) is 0 Å². The normalized spacial score (nSPS) is 17.8. The number of nitrogens with zero attached hydrogens (tertiary/aromatic N) is 6. The van der Waals surface area contributed by atoms with E-state index in [2.05, 4.69) is 9.89 Å². The van der Waals surface area contributed by atoms with Gasteiger partial charge in [-0.3, -0.25) is 23.9 Å². The van der Waals surface area contributed by atoms with Crippen molar-refractivity contribution in [2.24, 2.45) is 4.99 Å². The van der Waals surface area contributed by atoms with E-state index >= 15 is 0 Å². The van der Waals surface area contributed by atoms with Crippen molar-refractivity contribution in [3.05, 3.63) is 77.1 Å². The fourth-order valence-electron chi connectivity index (χ4n) is 6.92. The molecule has 48 heavy (non-hydrogen) atoms. The SMILES string of the molecule is COc1cc2c(cc1OCCCCCCN1CCN(C(=O)c3nc(-c4ccc(Cl)cc4)n4ccccc34)CC1)N=C[C@@H]1CCCN1C2=O. The van der Waals surface area contributed by atoms with E-state index in [9.17, 15) is 9.59 Å². The summed E-state index contributed by atoms with van der Waals surface area (Å²) < 4.78 is 13.7. The number of fused-ring (bicyclic) bond motifs is 3. The van der Waals surface area contributed by atoms with Crippen LogP contribution in [0.2, 0.25) is 5.02 Å². The summed E-state index contributed by atoms with van der Waals surface area (Å²) in [7, 11) is 1.60. The molecule has 3 aliphatic heterocycles. The van der Waals surface area contributed by atoms with E-state index < -0.39 is 0 Å². The van der Waals surface area contributed by atoms with Gasteiger partial charge in [-0.1, -0.05) is 30.5 Å². The first-order chi connectivity index (χ1) is 23.5. The smallest absolute Gasteiger partial charge is 0.274 e. The van der Waals surface area contributed by atoms with E-state index in [1.807, 2.05) is 75.1 Å². The average Bonchev–Trinajstić information content (AvgIpc) is 3.73. The topological polar surface area (TPSA) is 92.0 Å². The monoisotopic (exact) mass is 668 g/mol. The molecule has 0 unspecified atom stereocenters. The number of aromatic nitrogens is 2. The molecule has 1 atom stereocenters. The molecule has 7 rings (SSSR count). The van der Waals surface area contributed by atoms with Crippen LogP contribution in [-0.4, -0.2) is 101 Å². The van der Waals surface area contributed by atoms with Crippen molar-refractivity contribution in [3.8, 4) is 22.9 Å². The molecule has 5 heterocycles. The highest BCUT2D eigenvalue weighted by molar-refractivity contribution is 6.30. The number of pyridine rings is 1. The summed E-state index contributed by atoms with van der Waals surface area (Å²) in [6.45, 7) is 5.43. The summed E-state index contributed by atoms with van der Waals surface area (Å²) in [4.78, 5) is 42.4. The highest BCUT2D eigenvalue weighted by Gasteiger charge is 2.32. The maximum absolute atomic E-state index is 13.6. The van der Waals surface area contributed by atoms with Crippen LogP contribution in [0.3, 0.4) is 0 Å². The third-order valence-electron chi connectivity index (χ3n) is 9.60. The fraction of sp³-hybridized carbons (Fsp3) is 0.405. The van der Waals surface area contributed by atoms with Crippen LogP contribution in [0.5, 0.6) is 11.5 Å². The Balaban J connectivity index is 0.854. The van der Waals surface area contributed by atoms with Gasteiger partial charge in [0.1, 0.15) is 5.82 Å². The molecular weight excluding hydrogens is 628 g/mol. The van der Waals surface area contributed by atoms with Crippen molar-refractivity contribution in [1.29, 1.82) is 0 Å². The summed E-state index contributed by atoms with van der Waals surface area (Å²) in [5.74, 6) is 1.91. The van der Waals surface area contributed by atoms with Crippen LogP contribution in [0.15, 0.2) is 65.8 Å². The molecule has 0 spiro atoms. The first kappa shape index (κ1) is 32.2. The van der Waals surface area contributed by atoms with Crippen molar-refractivity contribution in [2.75, 3.05) is 53.0 Å². The van der Waals surface area contributed by atoms with Gasteiger partial charge in [0.2, 0.25) is 0 Å². The van der Waals surface area contributed by atoms with Gasteiger partial charge in [0, 0.05) is 61.8 Å². The van der Waals surface area contributed by atoms with Crippen LogP contribution in [0.25, 0.3) is 16.9 Å². The minimum atomic E-state index is -0.0246. The maximum atomic E-state index is 13.6. The predicted octanol–water partition coefficient (Wildman–Crippen LogP) is 6.38. The number of rotatable bonds is 11. The summed E-state index contributed by atoms with van der Waals surface area (Å²) in [6, 6.07) is 17.1. The number of benzene rings is 2. The second-order valence-corrected chi connectivity index (χ2v) is 13.1. The molecule has 10 nitrogen and oxygen atoms in total. The maximum Gasteiger partial charge on any atom is 0.274 e. The number of hydrogen-bond donors (Lipinski definition) is 0. The zero-order valence-corrected chi connectivity index (χ0v) is 28.1. The van der Waals surface area contributed by atoms with Crippen molar-refractivity contribution in [1.82, 2.24) is 24.1 Å². The molecule has 0 bridgehead atoms. The number of hydrogen-bond acceptors (Lipinski definition) is 7. The predicted molar refractivity (Wildman–Crippen MR) is 187 cm³/mol. The minimum Gasteiger partial charge on any atom is -0.493 e. The van der Waals surface area contributed by atoms with Crippen molar-refractivity contribution in [2.45, 2.75) is 44.6 Å². The lowest BCUT2D eigenvalue weighted by atomic mass is 10.1. The molecule has 2 aromatic heterocycles. The van der Waals surface area contributed by atoms with E-state index in [0.29, 0.717) is 53.2 Å². The van der Waals surface area contributed by atoms with Gasteiger partial charge < -0.3 is 19.3 Å². The van der Waals surface area contributed by atoms with Gasteiger partial charge in [-0.25, -0.2) is 4.98 Å². The summed E-state index contributed by atoms with van der Waals surface area (Å²) in [5, 5.41) is 0.663. The number of methoxy groups -OCH3 is 1. The largest absolute Gasteiger partial charge is 0.493 e. The number of ether oxygens (including phenoxy) is 2. The number of unbranched alkanes of at least 4 members (excludes halogenated alkanes) is 3. The Labute approximate surface area is 285 Å². The molecule has 0 radical (unpaired) electrons. The molecule has 2 fully saturated rings. The first-order valence-electron chi connectivity index (χ1n) is 16.9. The van der Waals surface area contributed by atoms with Crippen LogP contribution < -0.4 is 9.47 Å². The lowest BCUT2D eigenvalue weighted by Gasteiger charge is -2.34. The van der Waals surface area contributed by atoms with Crippen molar-refractivity contribution < 1.29 is 19.1 Å². The highest BCUT2D eigenvalue weighted by Crippen LogP contribution is 2.38. The third kappa shape index (κ3) is 6.64. The lowest BCUT2D eigenvalue weighted by Crippen LogP contribution is -2.49. The van der Waals surface area contributed by atoms with Crippen LogP contribution in [0.4, 0.5) is 5.69 Å². The molecule has 0 aliphatic carbocycles. The van der Waals surface area contributed by atoms with Crippen molar-refractivity contribution in [3.63, 3.8) is 0 Å². The molecular formula is C37H41ClN6O4. The summed E-state index contributed by atoms with van der Waals surface area (Å²) >= 11 is 6.10. The first-order valence-corrected chi connectivity index (χ1v) is 17.3. The minimum absolute atomic E-state index is 0.0124. The molecule has 2 saturated heterocycles. The molecule has 0 N–H and O–H groups in total. The Morgan fingerprint density at radius 2 is 1.77 bits per heavy atom. The number of halogens is 1. The summed E-state index contributed by atoms with van der Waals surface area (Å²) in [6.07, 6.45) is 9.99. The van der Waals surface area contributed by atoms with Gasteiger partial charge in [-0.2, -0.15) is 0 Å². The zero-order valence-electron chi connectivity index (χ0n) is 27.3. The fourth-order valence-corrected chi connectivity index (χ4v) is 7.04. The quantitative estimate of drug-likeness (QED) is 0.172. The Hall–Kier alpha value is -4.41. The number of carbonyl (C=O) groups is 2. The molecule has 11 heteroatoms. The number of piperazine rings is 1. The standard InChI is InChI=1S/C37H41ClN6O4/c1-47-32-23-29-30(39-25-28-9-8-17-43(28)36(29)45)24-33(32)48-22-7-3-2-5-15-41-18-20-42(21-19-41)37(46)34-31-10-4-6-16-44(31)35(40-34)26-11-13-27(38)14-12-26/h4,6,10-14,16,23-25,28H,2-3,5,7-9,15,17-22H2,1H3/t28-/m0/s1. The van der Waals surface area contributed by atoms with Gasteiger partial charge in [-0.05, 0) is 74.7 Å². The van der Waals surface area contributed by atoms with Gasteiger partial charge in [0.25, 0.3) is 11.8 Å². The van der Waals surface area contributed by atoms with Gasteiger partial charge in [0.15, 0.2) is 17.2 Å². The molecule has 3 aliphatic rings. The second-order valence-electron chi connectivity index (χ2n) is 12.6. The molecule has 4 aromatic rings. The van der Waals surface area contributed by atoms with Gasteiger partial charge in [0.05, 0.1) is 36.5 Å². The number of carbonyl (C=O) groups excluding carboxylic acids is 2. The Kier molecular flexibility index (Phi) is 9.63. The van der Waals surface area contributed by atoms with Crippen LogP contribution in [0, 0.1) is 0 Å². The number of amides is 2. The highest BCUT2D eigenvalue weighted by atomic mass is 35.5. The van der Waals surface area contributed by atoms with Gasteiger partial charge in [-0.15, -0.1) is 0 Å². The van der Waals surface area contributed by atoms with E-state index in [1.54, 1.807) is 13.2 Å². The molecule has 2 amide bonds. The number of aliphatic imine (C=N–C) groups is 1. The van der Waals surface area contributed by atoms with E-state index in [0.717, 1.165) is 81.6 Å². The average molecular weight is 669 g/mol. The number of imidazole rings is 1. The van der Waals surface area contributed by atoms with E-state index in [1.165, 1.54) is 0 Å². The molecule has 250 valence electrons. The van der Waals surface area contributed by atoms with E-state index in [-0.39, 0.29) is 17.9 Å². The zero-order chi connectivity index (χ0) is 33.0. The Morgan fingerprint density at radius 3 is 2.58 bits per heavy atom. The van der Waals surface area contributed by atoms with E-state index in [4.69, 9.17) is 26.1 Å². The lowest BCUT2D eigenvalue weighted by molar-refractivity contribution is 0.0631. The van der Waals surface area contributed by atoms with Gasteiger partial charge >= 0.3 is 0 Å². The Bertz CT molecular complexity index is 1810. The Morgan fingerprint density at radius 1 is 0.958 bits per heavy atom. The molecule has 2 aromatic carbocycles. The summed E-state index contributed by atoms with van der Waals surface area (Å²) in [5.41, 5.74) is 3.43. The second kappa shape index (κ2) is 14.4.